The smallest absolute Gasteiger partial charge is 0.248 e. The summed E-state index contributed by atoms with van der Waals surface area (Å²) in [4.78, 5) is 6.46. The van der Waals surface area contributed by atoms with E-state index in [4.69, 9.17) is 26.8 Å². The summed E-state index contributed by atoms with van der Waals surface area (Å²) in [6.07, 6.45) is 0.998. The third-order valence-corrected chi connectivity index (χ3v) is 5.48. The van der Waals surface area contributed by atoms with Gasteiger partial charge in [0.05, 0.1) is 24.8 Å². The van der Waals surface area contributed by atoms with E-state index >= 15 is 0 Å². The van der Waals surface area contributed by atoms with Crippen molar-refractivity contribution in [2.75, 3.05) is 50.5 Å². The number of nitrogen functional groups attached to an aromatic ring is 1. The molecule has 8 nitrogen and oxygen atoms in total. The van der Waals surface area contributed by atoms with Gasteiger partial charge in [-0.2, -0.15) is 4.98 Å². The van der Waals surface area contributed by atoms with Crippen molar-refractivity contribution in [2.45, 2.75) is 13.3 Å². The fraction of sp³-hybridized carbons (Fsp3) is 0.364. The van der Waals surface area contributed by atoms with Crippen LogP contribution < -0.4 is 15.8 Å². The number of morpholine rings is 1. The summed E-state index contributed by atoms with van der Waals surface area (Å²) in [6, 6.07) is 11.9. The molecule has 0 bridgehead atoms. The molecule has 4 rings (SSSR count). The second-order valence-corrected chi connectivity index (χ2v) is 7.91. The maximum atomic E-state index is 6.60. The van der Waals surface area contributed by atoms with Crippen LogP contribution in [0.3, 0.4) is 0 Å². The quantitative estimate of drug-likeness (QED) is 0.455. The highest BCUT2D eigenvalue weighted by atomic mass is 35.5. The van der Waals surface area contributed by atoms with Crippen LogP contribution in [-0.2, 0) is 4.74 Å². The number of hydrogen-bond acceptors (Lipinski definition) is 7. The van der Waals surface area contributed by atoms with E-state index in [0.29, 0.717) is 17.6 Å². The molecule has 31 heavy (non-hydrogen) atoms. The van der Waals surface area contributed by atoms with Crippen LogP contribution >= 0.6 is 11.6 Å². The molecule has 2 aromatic carbocycles. The van der Waals surface area contributed by atoms with Crippen LogP contribution in [0, 0.1) is 6.92 Å². The number of aromatic amines is 1. The molecule has 4 N–H and O–H groups in total. The first kappa shape index (κ1) is 21.4. The largest absolute Gasteiger partial charge is 0.494 e. The molecule has 1 aliphatic rings. The average molecular weight is 443 g/mol. The van der Waals surface area contributed by atoms with Gasteiger partial charge in [0.2, 0.25) is 11.9 Å². The number of benzene rings is 2. The van der Waals surface area contributed by atoms with Gasteiger partial charge in [-0.05, 0) is 48.7 Å². The molecule has 1 aliphatic heterocycles. The van der Waals surface area contributed by atoms with E-state index in [2.05, 4.69) is 25.4 Å². The lowest BCUT2D eigenvalue weighted by molar-refractivity contribution is 0.0358. The van der Waals surface area contributed by atoms with Crippen LogP contribution in [0.5, 0.6) is 5.75 Å². The van der Waals surface area contributed by atoms with Crippen LogP contribution in [0.15, 0.2) is 36.4 Å². The van der Waals surface area contributed by atoms with Gasteiger partial charge in [0.15, 0.2) is 0 Å². The second kappa shape index (κ2) is 10.00. The predicted octanol–water partition coefficient (Wildman–Crippen LogP) is 3.86. The minimum absolute atomic E-state index is 0.255. The number of nitrogens with one attached hydrogen (secondary N) is 2. The van der Waals surface area contributed by atoms with Crippen molar-refractivity contribution in [3.8, 4) is 16.9 Å². The van der Waals surface area contributed by atoms with Gasteiger partial charge in [-0.25, -0.2) is 5.10 Å². The van der Waals surface area contributed by atoms with Gasteiger partial charge in [-0.1, -0.05) is 23.7 Å². The van der Waals surface area contributed by atoms with Crippen LogP contribution in [-0.4, -0.2) is 59.5 Å². The van der Waals surface area contributed by atoms with E-state index in [1.807, 2.05) is 43.3 Å². The summed E-state index contributed by atoms with van der Waals surface area (Å²) < 4.78 is 11.3. The van der Waals surface area contributed by atoms with Gasteiger partial charge in [-0.15, -0.1) is 5.10 Å². The summed E-state index contributed by atoms with van der Waals surface area (Å²) in [5.74, 6) is 1.51. The van der Waals surface area contributed by atoms with E-state index in [9.17, 15) is 0 Å². The molecule has 0 atom stereocenters. The van der Waals surface area contributed by atoms with Gasteiger partial charge >= 0.3 is 0 Å². The molecule has 1 fully saturated rings. The van der Waals surface area contributed by atoms with Crippen molar-refractivity contribution >= 4 is 29.2 Å². The third-order valence-electron chi connectivity index (χ3n) is 5.18. The Bertz CT molecular complexity index is 978. The Balaban J connectivity index is 1.35. The lowest BCUT2D eigenvalue weighted by atomic mass is 9.99. The molecular weight excluding hydrogens is 416 g/mol. The lowest BCUT2D eigenvalue weighted by Crippen LogP contribution is -2.37. The van der Waals surface area contributed by atoms with Crippen LogP contribution in [0.4, 0.5) is 17.6 Å². The van der Waals surface area contributed by atoms with E-state index < -0.39 is 0 Å². The number of H-pyrrole nitrogens is 1. The van der Waals surface area contributed by atoms with Crippen molar-refractivity contribution in [2.24, 2.45) is 0 Å². The molecule has 0 saturated carbocycles. The van der Waals surface area contributed by atoms with Crippen LogP contribution in [0.25, 0.3) is 11.1 Å². The summed E-state index contributed by atoms with van der Waals surface area (Å²) in [5, 5.41) is 10.3. The number of hydrogen-bond donors (Lipinski definition) is 3. The number of rotatable bonds is 8. The predicted molar refractivity (Wildman–Crippen MR) is 123 cm³/mol. The molecule has 9 heteroatoms. The maximum absolute atomic E-state index is 6.60. The summed E-state index contributed by atoms with van der Waals surface area (Å²) in [7, 11) is 0. The van der Waals surface area contributed by atoms with E-state index in [1.54, 1.807) is 0 Å². The monoisotopic (exact) mass is 442 g/mol. The zero-order chi connectivity index (χ0) is 21.6. The highest BCUT2D eigenvalue weighted by Crippen LogP contribution is 2.35. The summed E-state index contributed by atoms with van der Waals surface area (Å²) in [5.41, 5.74) is 9.43. The third kappa shape index (κ3) is 5.66. The van der Waals surface area contributed by atoms with Crippen LogP contribution in [0.2, 0.25) is 5.02 Å². The summed E-state index contributed by atoms with van der Waals surface area (Å²) >= 11 is 6.60. The van der Waals surface area contributed by atoms with Crippen LogP contribution in [0.1, 0.15) is 12.0 Å². The summed E-state index contributed by atoms with van der Waals surface area (Å²) in [6.45, 7) is 7.44. The number of aromatic nitrogens is 3. The fourth-order valence-corrected chi connectivity index (χ4v) is 4.04. The fourth-order valence-electron chi connectivity index (χ4n) is 3.66. The highest BCUT2D eigenvalue weighted by Gasteiger charge is 2.12. The maximum Gasteiger partial charge on any atom is 0.248 e. The lowest BCUT2D eigenvalue weighted by Gasteiger charge is -2.26. The van der Waals surface area contributed by atoms with Gasteiger partial charge in [-0.3, -0.25) is 4.90 Å². The molecule has 0 aliphatic carbocycles. The van der Waals surface area contributed by atoms with Gasteiger partial charge < -0.3 is 20.5 Å². The number of aryl methyl sites for hydroxylation is 1. The van der Waals surface area contributed by atoms with Crippen molar-refractivity contribution < 1.29 is 9.47 Å². The molecule has 1 aromatic heterocycles. The standard InChI is InChI=1S/C22H27ClN6O2/c1-15-13-17(25-22-26-21(24)27-28-22)14-19(23)20(15)16-3-5-18(6-4-16)31-10-2-7-29-8-11-30-12-9-29/h3-6,13-14H,2,7-12H2,1H3,(H4,24,25,26,27,28). The molecule has 0 unspecified atom stereocenters. The Morgan fingerprint density at radius 2 is 2.00 bits per heavy atom. The van der Waals surface area contributed by atoms with E-state index in [0.717, 1.165) is 67.4 Å². The molecule has 0 spiro atoms. The zero-order valence-electron chi connectivity index (χ0n) is 17.5. The highest BCUT2D eigenvalue weighted by molar-refractivity contribution is 6.33. The van der Waals surface area contributed by atoms with E-state index in [-0.39, 0.29) is 5.95 Å². The number of ether oxygens (including phenoxy) is 2. The van der Waals surface area contributed by atoms with E-state index in [1.165, 1.54) is 0 Å². The first-order valence-corrected chi connectivity index (χ1v) is 10.7. The number of nitrogens with two attached hydrogens (primary N) is 1. The Morgan fingerprint density at radius 1 is 1.23 bits per heavy atom. The first-order valence-electron chi connectivity index (χ1n) is 10.4. The molecule has 0 radical (unpaired) electrons. The van der Waals surface area contributed by atoms with Gasteiger partial charge in [0, 0.05) is 30.9 Å². The SMILES string of the molecule is Cc1cc(Nc2n[nH]c(N)n2)cc(Cl)c1-c1ccc(OCCCN2CCOCC2)cc1. The topological polar surface area (TPSA) is 101 Å². The molecule has 164 valence electrons. The number of halogens is 1. The minimum atomic E-state index is 0.255. The minimum Gasteiger partial charge on any atom is -0.494 e. The number of nitrogens with zero attached hydrogens (tertiary/aromatic N) is 3. The van der Waals surface area contributed by atoms with Gasteiger partial charge in [0.1, 0.15) is 5.75 Å². The second-order valence-electron chi connectivity index (χ2n) is 7.50. The molecule has 3 aromatic rings. The molecule has 2 heterocycles. The van der Waals surface area contributed by atoms with Crippen molar-refractivity contribution in [3.63, 3.8) is 0 Å². The van der Waals surface area contributed by atoms with Crippen molar-refractivity contribution in [1.82, 2.24) is 20.1 Å². The number of anilines is 3. The zero-order valence-corrected chi connectivity index (χ0v) is 18.3. The van der Waals surface area contributed by atoms with Crippen molar-refractivity contribution in [3.05, 3.63) is 47.0 Å². The molecular formula is C22H27ClN6O2. The Labute approximate surface area is 186 Å². The Hall–Kier alpha value is -2.81. The average Bonchev–Trinajstić information content (AvgIpc) is 3.17. The first-order chi connectivity index (χ1) is 15.1. The normalized spacial score (nSPS) is 14.5. The van der Waals surface area contributed by atoms with Gasteiger partial charge in [0.25, 0.3) is 0 Å². The Kier molecular flexibility index (Phi) is 6.91. The van der Waals surface area contributed by atoms with Crippen molar-refractivity contribution in [1.29, 1.82) is 0 Å². The molecule has 1 saturated heterocycles. The molecule has 0 amide bonds. The Morgan fingerprint density at radius 3 is 2.68 bits per heavy atom.